The third-order valence-electron chi connectivity index (χ3n) is 5.28. The molecule has 0 saturated carbocycles. The van der Waals surface area contributed by atoms with Gasteiger partial charge >= 0.3 is 15.2 Å². The Morgan fingerprint density at radius 3 is 1.12 bits per heavy atom. The van der Waals surface area contributed by atoms with Gasteiger partial charge in [-0.2, -0.15) is 0 Å². The van der Waals surface area contributed by atoms with E-state index >= 15 is 0 Å². The molecule has 0 radical (unpaired) electrons. The summed E-state index contributed by atoms with van der Waals surface area (Å²) in [5.74, 6) is -0.528. The lowest BCUT2D eigenvalue weighted by atomic mass is 10.3. The zero-order chi connectivity index (χ0) is 30.6. The summed E-state index contributed by atoms with van der Waals surface area (Å²) < 4.78 is 58.0. The molecule has 0 spiro atoms. The molecule has 0 atom stereocenters. The van der Waals surface area contributed by atoms with Gasteiger partial charge in [0.05, 0.1) is 65.2 Å². The quantitative estimate of drug-likeness (QED) is 0.0833. The van der Waals surface area contributed by atoms with Gasteiger partial charge in [0.15, 0.2) is 0 Å². The summed E-state index contributed by atoms with van der Waals surface area (Å²) in [5.41, 5.74) is 0.720. The summed E-state index contributed by atoms with van der Waals surface area (Å²) in [6.07, 6.45) is 0.140. The Morgan fingerprint density at radius 2 is 0.875 bits per heavy atom. The summed E-state index contributed by atoms with van der Waals surface area (Å²) in [6, 6.07) is 0. The van der Waals surface area contributed by atoms with Crippen molar-refractivity contribution >= 4 is 27.0 Å². The molecule has 0 aromatic rings. The van der Waals surface area contributed by atoms with Gasteiger partial charge in [0, 0.05) is 37.3 Å². The highest BCUT2D eigenvalue weighted by atomic mass is 31.2. The first-order valence-corrected chi connectivity index (χ1v) is 17.1. The fourth-order valence-corrected chi connectivity index (χ4v) is 6.66. The molecule has 0 N–H and O–H groups in total. The number of hydrogen-bond donors (Lipinski definition) is 0. The number of amides is 2. The Bertz CT molecular complexity index is 794. The van der Waals surface area contributed by atoms with E-state index in [1.165, 1.54) is 9.80 Å². The standard InChI is InChI=1S/C26H50N2O10P2/c1-9-35-39(31,36-10-2)21-15-27(25(29)23(5)6)13-17-33-19-20-34-18-14-28(26(30)24(7)8)16-22-40(32,37-11-3)38-12-4/h5,7,9-22H2,1-4,6,8H3. The highest BCUT2D eigenvalue weighted by Gasteiger charge is 2.27. The van der Waals surface area contributed by atoms with E-state index in [0.29, 0.717) is 11.1 Å². The third-order valence-corrected chi connectivity index (χ3v) is 9.38. The van der Waals surface area contributed by atoms with Crippen molar-refractivity contribution in [2.45, 2.75) is 41.5 Å². The lowest BCUT2D eigenvalue weighted by molar-refractivity contribution is -0.128. The lowest BCUT2D eigenvalue weighted by Gasteiger charge is -2.25. The van der Waals surface area contributed by atoms with Crippen molar-refractivity contribution in [1.82, 2.24) is 9.80 Å². The van der Waals surface area contributed by atoms with E-state index < -0.39 is 15.2 Å². The minimum absolute atomic E-state index is 0.0702. The van der Waals surface area contributed by atoms with Crippen LogP contribution in [0.3, 0.4) is 0 Å². The number of carbonyl (C=O) groups is 2. The van der Waals surface area contributed by atoms with Gasteiger partial charge in [-0.15, -0.1) is 0 Å². The topological polar surface area (TPSA) is 130 Å². The van der Waals surface area contributed by atoms with Crippen molar-refractivity contribution in [3.05, 3.63) is 24.3 Å². The van der Waals surface area contributed by atoms with Crippen molar-refractivity contribution in [1.29, 1.82) is 0 Å². The zero-order valence-corrected chi connectivity index (χ0v) is 27.0. The first-order valence-electron chi connectivity index (χ1n) is 13.7. The molecule has 0 rings (SSSR count). The Morgan fingerprint density at radius 1 is 0.575 bits per heavy atom. The van der Waals surface area contributed by atoms with Gasteiger partial charge in [-0.05, 0) is 41.5 Å². The van der Waals surface area contributed by atoms with Crippen LogP contribution in [-0.4, -0.2) is 113 Å². The molecule has 0 aliphatic heterocycles. The molecule has 0 saturated heterocycles. The van der Waals surface area contributed by atoms with Crippen LogP contribution in [0.1, 0.15) is 41.5 Å². The lowest BCUT2D eigenvalue weighted by Crippen LogP contribution is -2.37. The molecular formula is C26H50N2O10P2. The molecule has 0 aliphatic rings. The summed E-state index contributed by atoms with van der Waals surface area (Å²) in [5, 5.41) is 0. The van der Waals surface area contributed by atoms with Crippen LogP contribution < -0.4 is 0 Å². The second-order valence-corrected chi connectivity index (χ2v) is 13.1. The Hall–Kier alpha value is -1.36. The largest absolute Gasteiger partial charge is 0.377 e. The molecule has 0 bridgehead atoms. The van der Waals surface area contributed by atoms with Gasteiger partial charge in [0.25, 0.3) is 0 Å². The molecular weight excluding hydrogens is 562 g/mol. The average Bonchev–Trinajstić information content (AvgIpc) is 2.88. The molecule has 2 amide bonds. The van der Waals surface area contributed by atoms with Gasteiger partial charge in [-0.3, -0.25) is 18.7 Å². The predicted octanol–water partition coefficient (Wildman–Crippen LogP) is 4.36. The highest BCUT2D eigenvalue weighted by molar-refractivity contribution is 7.54. The van der Waals surface area contributed by atoms with Crippen molar-refractivity contribution in [3.63, 3.8) is 0 Å². The molecule has 0 aromatic carbocycles. The monoisotopic (exact) mass is 612 g/mol. The van der Waals surface area contributed by atoms with E-state index in [1.807, 2.05) is 0 Å². The van der Waals surface area contributed by atoms with E-state index in [1.54, 1.807) is 41.5 Å². The first-order chi connectivity index (χ1) is 18.9. The Labute approximate surface area is 240 Å². The van der Waals surface area contributed by atoms with E-state index in [2.05, 4.69) is 13.2 Å². The highest BCUT2D eigenvalue weighted by Crippen LogP contribution is 2.48. The SMILES string of the molecule is C=C(C)C(=O)N(CCOCCOCCN(CCP(=O)(OCC)OCC)C(=O)C(=C)C)CCP(=O)(OCC)OCC. The maximum Gasteiger partial charge on any atom is 0.332 e. The maximum absolute atomic E-state index is 12.8. The first kappa shape index (κ1) is 38.6. The zero-order valence-electron chi connectivity index (χ0n) is 25.2. The maximum atomic E-state index is 12.8. The number of hydrogen-bond acceptors (Lipinski definition) is 10. The molecule has 0 fully saturated rings. The molecule has 0 aromatic heterocycles. The van der Waals surface area contributed by atoms with Crippen molar-refractivity contribution in [2.75, 3.05) is 91.4 Å². The molecule has 0 aliphatic carbocycles. The third kappa shape index (κ3) is 16.2. The molecule has 0 unspecified atom stereocenters. The van der Waals surface area contributed by atoms with Crippen molar-refractivity contribution < 1.29 is 46.3 Å². The second kappa shape index (κ2) is 21.4. The van der Waals surface area contributed by atoms with Gasteiger partial charge in [0.2, 0.25) is 11.8 Å². The predicted molar refractivity (Wildman–Crippen MR) is 156 cm³/mol. The fourth-order valence-electron chi connectivity index (χ4n) is 3.45. The van der Waals surface area contributed by atoms with Crippen LogP contribution in [0, 0.1) is 0 Å². The summed E-state index contributed by atoms with van der Waals surface area (Å²) >= 11 is 0. The van der Waals surface area contributed by atoms with E-state index in [9.17, 15) is 18.7 Å². The van der Waals surface area contributed by atoms with Gasteiger partial charge in [0.1, 0.15) is 0 Å². The number of ether oxygens (including phenoxy) is 2. The fraction of sp³-hybridized carbons (Fsp3) is 0.769. The van der Waals surface area contributed by atoms with Crippen LogP contribution in [0.5, 0.6) is 0 Å². The molecule has 40 heavy (non-hydrogen) atoms. The van der Waals surface area contributed by atoms with E-state index in [4.69, 9.17) is 27.6 Å². The van der Waals surface area contributed by atoms with Crippen LogP contribution in [-0.2, 0) is 46.3 Å². The van der Waals surface area contributed by atoms with Crippen LogP contribution >= 0.6 is 15.2 Å². The minimum Gasteiger partial charge on any atom is -0.377 e. The second-order valence-electron chi connectivity index (χ2n) is 8.71. The van der Waals surface area contributed by atoms with E-state index in [0.717, 1.165) is 0 Å². The minimum atomic E-state index is -3.29. The van der Waals surface area contributed by atoms with Gasteiger partial charge in [-0.25, -0.2) is 0 Å². The number of rotatable bonds is 25. The van der Waals surface area contributed by atoms with Gasteiger partial charge < -0.3 is 37.4 Å². The normalized spacial score (nSPS) is 11.8. The summed E-state index contributed by atoms with van der Waals surface area (Å²) in [4.78, 5) is 28.1. The average molecular weight is 613 g/mol. The van der Waals surface area contributed by atoms with Crippen LogP contribution in [0.25, 0.3) is 0 Å². The number of nitrogens with zero attached hydrogens (tertiary/aromatic N) is 2. The molecule has 0 heterocycles. The van der Waals surface area contributed by atoms with Crippen molar-refractivity contribution in [3.8, 4) is 0 Å². The molecule has 234 valence electrons. The van der Waals surface area contributed by atoms with Crippen LogP contribution in [0.15, 0.2) is 24.3 Å². The van der Waals surface area contributed by atoms with E-state index in [-0.39, 0.29) is 103 Å². The summed E-state index contributed by atoms with van der Waals surface area (Å²) in [6.45, 7) is 20.5. The smallest absolute Gasteiger partial charge is 0.332 e. The van der Waals surface area contributed by atoms with Crippen molar-refractivity contribution in [2.24, 2.45) is 0 Å². The Kier molecular flexibility index (Phi) is 20.6. The van der Waals surface area contributed by atoms with Gasteiger partial charge in [-0.1, -0.05) is 13.2 Å². The van der Waals surface area contributed by atoms with Crippen LogP contribution in [0.4, 0.5) is 0 Å². The van der Waals surface area contributed by atoms with Crippen LogP contribution in [0.2, 0.25) is 0 Å². The number of carbonyl (C=O) groups excluding carboxylic acids is 2. The molecule has 12 nitrogen and oxygen atoms in total. The Balaban J connectivity index is 4.67. The summed E-state index contributed by atoms with van der Waals surface area (Å²) in [7, 11) is -6.58. The molecule has 14 heteroatoms.